The number of hydrogen-bond acceptors (Lipinski definition) is 4. The Labute approximate surface area is 178 Å². The number of amides is 3. The molecular formula is C22H30N4O3S. The van der Waals surface area contributed by atoms with Crippen LogP contribution in [-0.4, -0.2) is 46.4 Å². The third-order valence-corrected chi connectivity index (χ3v) is 9.06. The van der Waals surface area contributed by atoms with E-state index in [0.717, 1.165) is 63.6 Å². The Kier molecular flexibility index (Phi) is 5.09. The van der Waals surface area contributed by atoms with E-state index in [-0.39, 0.29) is 17.6 Å². The van der Waals surface area contributed by atoms with Gasteiger partial charge in [0.15, 0.2) is 0 Å². The van der Waals surface area contributed by atoms with Crippen molar-refractivity contribution < 1.29 is 13.8 Å². The van der Waals surface area contributed by atoms with Crippen molar-refractivity contribution in [3.8, 4) is 0 Å². The van der Waals surface area contributed by atoms with Crippen molar-refractivity contribution in [1.82, 2.24) is 9.62 Å². The topological polar surface area (TPSA) is 90.9 Å². The molecule has 2 heterocycles. The first kappa shape index (κ1) is 20.0. The molecule has 3 atom stereocenters. The molecule has 2 N–H and O–H groups in total. The third kappa shape index (κ3) is 3.64. The Morgan fingerprint density at radius 2 is 1.90 bits per heavy atom. The molecule has 0 saturated carbocycles. The van der Waals surface area contributed by atoms with Crippen LogP contribution in [0.2, 0.25) is 0 Å². The normalized spacial score (nSPS) is 30.2. The smallest absolute Gasteiger partial charge is 0.305 e. The molecule has 0 radical (unpaired) electrons. The number of urea groups is 1. The highest BCUT2D eigenvalue weighted by atomic mass is 32.2. The molecule has 3 amide bonds. The van der Waals surface area contributed by atoms with Crippen LogP contribution in [0.25, 0.3) is 0 Å². The second kappa shape index (κ2) is 7.64. The highest BCUT2D eigenvalue weighted by Crippen LogP contribution is 2.38. The zero-order valence-corrected chi connectivity index (χ0v) is 18.4. The quantitative estimate of drug-likeness (QED) is 0.771. The Balaban J connectivity index is 1.34. The molecule has 0 spiro atoms. The van der Waals surface area contributed by atoms with Crippen LogP contribution in [0, 0.1) is 5.92 Å². The van der Waals surface area contributed by atoms with Crippen molar-refractivity contribution in [3.05, 3.63) is 28.3 Å². The predicted molar refractivity (Wildman–Crippen MR) is 117 cm³/mol. The molecular weight excluding hydrogens is 400 g/mol. The maximum Gasteiger partial charge on any atom is 0.354 e. The van der Waals surface area contributed by atoms with Crippen molar-refractivity contribution in [2.75, 3.05) is 24.7 Å². The van der Waals surface area contributed by atoms with E-state index >= 15 is 0 Å². The number of nitrogens with zero attached hydrogens (tertiary/aromatic N) is 2. The lowest BCUT2D eigenvalue weighted by Crippen LogP contribution is -2.30. The predicted octanol–water partition coefficient (Wildman–Crippen LogP) is 2.81. The van der Waals surface area contributed by atoms with Crippen LogP contribution in [0.15, 0.2) is 10.4 Å². The van der Waals surface area contributed by atoms with Crippen LogP contribution >= 0.6 is 0 Å². The molecule has 7 nitrogen and oxygen atoms in total. The molecule has 5 rings (SSSR count). The van der Waals surface area contributed by atoms with Crippen LogP contribution in [0.4, 0.5) is 10.5 Å². The van der Waals surface area contributed by atoms with Crippen LogP contribution in [0.3, 0.4) is 0 Å². The largest absolute Gasteiger partial charge is 0.354 e. The van der Waals surface area contributed by atoms with Gasteiger partial charge in [-0.05, 0) is 93.6 Å². The molecule has 1 aromatic rings. The summed E-state index contributed by atoms with van der Waals surface area (Å²) in [6, 6.07) is 2.04. The Morgan fingerprint density at radius 3 is 2.53 bits per heavy atom. The summed E-state index contributed by atoms with van der Waals surface area (Å²) in [5, 5.41) is 2.96. The molecule has 30 heavy (non-hydrogen) atoms. The van der Waals surface area contributed by atoms with E-state index in [1.807, 2.05) is 0 Å². The number of fused-ring (bicyclic) bond motifs is 2. The van der Waals surface area contributed by atoms with E-state index in [9.17, 15) is 13.8 Å². The number of carbonyl (C=O) groups is 2. The summed E-state index contributed by atoms with van der Waals surface area (Å²) < 4.78 is 19.7. The van der Waals surface area contributed by atoms with Crippen LogP contribution in [-0.2, 0) is 40.4 Å². The first-order valence-corrected chi connectivity index (χ1v) is 12.8. The van der Waals surface area contributed by atoms with Gasteiger partial charge in [0.25, 0.3) is 0 Å². The Hall–Kier alpha value is -1.93. The van der Waals surface area contributed by atoms with Gasteiger partial charge < -0.3 is 10.2 Å². The lowest BCUT2D eigenvalue weighted by atomic mass is 9.99. The van der Waals surface area contributed by atoms with E-state index in [4.69, 9.17) is 0 Å². The molecule has 1 aromatic carbocycles. The number of rotatable bonds is 3. The van der Waals surface area contributed by atoms with Gasteiger partial charge in [0, 0.05) is 11.7 Å². The standard InChI is InChI=1S/C22H30N4O3S/c1-26-10-4-7-17(26)12-16-13-30(29,24-21(16)27)25-22(28)23-20-18-8-2-5-14(18)11-15-6-3-9-19(15)20/h11,16-17H,2-10,12-13H2,1H3,(H2,23,24,25,27,28,29). The Bertz CT molecular complexity index is 995. The molecule has 8 heteroatoms. The van der Waals surface area contributed by atoms with E-state index < -0.39 is 15.9 Å². The van der Waals surface area contributed by atoms with Crippen molar-refractivity contribution in [3.63, 3.8) is 0 Å². The van der Waals surface area contributed by atoms with Gasteiger partial charge in [-0.15, -0.1) is 4.36 Å². The van der Waals surface area contributed by atoms with Gasteiger partial charge >= 0.3 is 6.03 Å². The summed E-state index contributed by atoms with van der Waals surface area (Å²) in [5.41, 5.74) is 5.97. The van der Waals surface area contributed by atoms with E-state index in [0.29, 0.717) is 12.5 Å². The van der Waals surface area contributed by atoms with Crippen molar-refractivity contribution >= 4 is 27.5 Å². The molecule has 3 unspecified atom stereocenters. The molecule has 2 aliphatic carbocycles. The first-order valence-electron chi connectivity index (χ1n) is 11.2. The molecule has 2 fully saturated rings. The molecule has 2 saturated heterocycles. The zero-order chi connectivity index (χ0) is 20.9. The fourth-order valence-corrected chi connectivity index (χ4v) is 7.53. The summed E-state index contributed by atoms with van der Waals surface area (Å²) in [5.74, 6) is -0.461. The summed E-state index contributed by atoms with van der Waals surface area (Å²) >= 11 is 0. The van der Waals surface area contributed by atoms with Crippen molar-refractivity contribution in [1.29, 1.82) is 0 Å². The molecule has 4 aliphatic rings. The van der Waals surface area contributed by atoms with Gasteiger partial charge in [0.05, 0.1) is 11.7 Å². The fourth-order valence-electron chi connectivity index (χ4n) is 5.70. The molecule has 162 valence electrons. The highest BCUT2D eigenvalue weighted by molar-refractivity contribution is 7.93. The maximum atomic E-state index is 13.2. The number of hydrogen-bond donors (Lipinski definition) is 2. The molecule has 2 aliphatic heterocycles. The number of aryl methyl sites for hydroxylation is 2. The number of likely N-dealkylation sites (tertiary alicyclic amines) is 1. The minimum Gasteiger partial charge on any atom is -0.305 e. The van der Waals surface area contributed by atoms with Gasteiger partial charge in [-0.2, -0.15) is 0 Å². The van der Waals surface area contributed by atoms with Crippen LogP contribution in [0.5, 0.6) is 0 Å². The third-order valence-electron chi connectivity index (χ3n) is 7.22. The van der Waals surface area contributed by atoms with Gasteiger partial charge in [-0.3, -0.25) is 9.52 Å². The first-order chi connectivity index (χ1) is 14.4. The summed E-state index contributed by atoms with van der Waals surface area (Å²) in [6.45, 7) is 1.03. The summed E-state index contributed by atoms with van der Waals surface area (Å²) in [6.07, 6.45) is 9.08. The number of benzene rings is 1. The Morgan fingerprint density at radius 1 is 1.20 bits per heavy atom. The average Bonchev–Trinajstić information content (AvgIpc) is 3.44. The number of anilines is 1. The minimum atomic E-state index is -3.06. The molecule has 0 aromatic heterocycles. The molecule has 0 bridgehead atoms. The summed E-state index contributed by atoms with van der Waals surface area (Å²) in [7, 11) is -0.998. The van der Waals surface area contributed by atoms with Crippen LogP contribution < -0.4 is 10.0 Å². The fraction of sp³-hybridized carbons (Fsp3) is 0.636. The lowest BCUT2D eigenvalue weighted by Gasteiger charge is -2.20. The second-order valence-corrected chi connectivity index (χ2v) is 11.2. The van der Waals surface area contributed by atoms with Crippen LogP contribution in [0.1, 0.15) is 54.4 Å². The van der Waals surface area contributed by atoms with E-state index in [2.05, 4.69) is 32.4 Å². The van der Waals surface area contributed by atoms with Crippen molar-refractivity contribution in [2.45, 2.75) is 63.8 Å². The van der Waals surface area contributed by atoms with Gasteiger partial charge in [0.1, 0.15) is 9.92 Å². The minimum absolute atomic E-state index is 0.120. The van der Waals surface area contributed by atoms with Gasteiger partial charge in [-0.1, -0.05) is 6.07 Å². The van der Waals surface area contributed by atoms with Crippen molar-refractivity contribution in [2.24, 2.45) is 10.3 Å². The second-order valence-electron chi connectivity index (χ2n) is 9.24. The average molecular weight is 431 g/mol. The van der Waals surface area contributed by atoms with Gasteiger partial charge in [0.2, 0.25) is 5.91 Å². The zero-order valence-electron chi connectivity index (χ0n) is 17.5. The van der Waals surface area contributed by atoms with E-state index in [1.54, 1.807) is 0 Å². The highest BCUT2D eigenvalue weighted by Gasteiger charge is 2.38. The lowest BCUT2D eigenvalue weighted by molar-refractivity contribution is -0.122. The SMILES string of the molecule is CN1CCCC1CC1CS(=O)(=NC(=O)Nc2c3c(cc4c2CCC4)CCC3)NC1=O. The monoisotopic (exact) mass is 430 g/mol. The van der Waals surface area contributed by atoms with Gasteiger partial charge in [-0.25, -0.2) is 9.00 Å². The summed E-state index contributed by atoms with van der Waals surface area (Å²) in [4.78, 5) is 27.5. The maximum absolute atomic E-state index is 13.2. The number of carbonyl (C=O) groups excluding carboxylic acids is 2. The van der Waals surface area contributed by atoms with E-state index in [1.165, 1.54) is 22.3 Å². The number of nitrogens with one attached hydrogen (secondary N) is 2.